The fourth-order valence-electron chi connectivity index (χ4n) is 3.38. The lowest BCUT2D eigenvalue weighted by molar-refractivity contribution is -0.127. The second-order valence-electron chi connectivity index (χ2n) is 6.90. The summed E-state index contributed by atoms with van der Waals surface area (Å²) in [5, 5.41) is 2.98. The summed E-state index contributed by atoms with van der Waals surface area (Å²) >= 11 is 0. The normalized spacial score (nSPS) is 16.5. The van der Waals surface area contributed by atoms with Crippen LogP contribution in [0.2, 0.25) is 0 Å². The molecule has 1 aromatic carbocycles. The molecule has 2 amide bonds. The van der Waals surface area contributed by atoms with Crippen LogP contribution in [-0.2, 0) is 4.79 Å². The summed E-state index contributed by atoms with van der Waals surface area (Å²) in [6.07, 6.45) is 6.53. The highest BCUT2D eigenvalue weighted by Gasteiger charge is 2.22. The Hall–Kier alpha value is -3.22. The second-order valence-corrected chi connectivity index (χ2v) is 6.90. The van der Waals surface area contributed by atoms with Gasteiger partial charge in [-0.25, -0.2) is 0 Å². The quantitative estimate of drug-likeness (QED) is 0.804. The van der Waals surface area contributed by atoms with Crippen molar-refractivity contribution >= 4 is 17.9 Å². The Labute approximate surface area is 162 Å². The second kappa shape index (κ2) is 8.21. The Kier molecular flexibility index (Phi) is 5.32. The molecule has 1 saturated heterocycles. The number of nitrogens with one attached hydrogen (secondary N) is 1. The molecular weight excluding hydrogens is 360 g/mol. The number of rotatable bonds is 5. The number of hydrogen-bond donors (Lipinski definition) is 1. The van der Waals surface area contributed by atoms with Crippen molar-refractivity contribution in [1.29, 1.82) is 0 Å². The van der Waals surface area contributed by atoms with Gasteiger partial charge in [0.2, 0.25) is 12.7 Å². The molecule has 1 fully saturated rings. The van der Waals surface area contributed by atoms with Crippen molar-refractivity contribution in [3.63, 3.8) is 0 Å². The molecule has 0 bridgehead atoms. The largest absolute Gasteiger partial charge is 0.465 e. The number of amides is 2. The molecule has 7 nitrogen and oxygen atoms in total. The maximum Gasteiger partial charge on any atom is 0.251 e. The van der Waals surface area contributed by atoms with E-state index < -0.39 is 0 Å². The van der Waals surface area contributed by atoms with E-state index in [1.165, 1.54) is 0 Å². The molecule has 146 valence electrons. The van der Waals surface area contributed by atoms with Crippen LogP contribution < -0.4 is 14.8 Å². The molecule has 7 heteroatoms. The summed E-state index contributed by atoms with van der Waals surface area (Å²) in [5.41, 5.74) is 0.555. The van der Waals surface area contributed by atoms with Gasteiger partial charge in [-0.05, 0) is 55.2 Å². The minimum absolute atomic E-state index is 0.0146. The van der Waals surface area contributed by atoms with Gasteiger partial charge in [-0.15, -0.1) is 0 Å². The number of carbonyl (C=O) groups is 2. The van der Waals surface area contributed by atoms with Crippen LogP contribution in [0.15, 0.2) is 47.1 Å². The highest BCUT2D eigenvalue weighted by molar-refractivity contribution is 5.95. The molecule has 2 aliphatic heterocycles. The van der Waals surface area contributed by atoms with Crippen molar-refractivity contribution in [2.45, 2.75) is 12.8 Å². The lowest BCUT2D eigenvalue weighted by Crippen LogP contribution is -2.40. The van der Waals surface area contributed by atoms with Crippen molar-refractivity contribution in [3.8, 4) is 11.5 Å². The predicted molar refractivity (Wildman–Crippen MR) is 102 cm³/mol. The number of hydrogen-bond acceptors (Lipinski definition) is 5. The zero-order valence-corrected chi connectivity index (χ0v) is 15.4. The molecule has 4 rings (SSSR count). The number of benzene rings is 1. The Morgan fingerprint density at radius 3 is 2.75 bits per heavy atom. The maximum absolute atomic E-state index is 12.4. The average molecular weight is 382 g/mol. The van der Waals surface area contributed by atoms with Gasteiger partial charge in [0.15, 0.2) is 11.5 Å². The van der Waals surface area contributed by atoms with Crippen molar-refractivity contribution in [1.82, 2.24) is 10.2 Å². The zero-order chi connectivity index (χ0) is 19.3. The van der Waals surface area contributed by atoms with E-state index in [1.54, 1.807) is 48.7 Å². The maximum atomic E-state index is 12.4. The van der Waals surface area contributed by atoms with E-state index in [0.29, 0.717) is 48.4 Å². The van der Waals surface area contributed by atoms with Gasteiger partial charge in [-0.2, -0.15) is 0 Å². The molecule has 0 aliphatic carbocycles. The molecule has 2 aromatic rings. The van der Waals surface area contributed by atoms with Gasteiger partial charge in [0, 0.05) is 31.3 Å². The third-order valence-corrected chi connectivity index (χ3v) is 5.05. The Morgan fingerprint density at radius 2 is 1.96 bits per heavy atom. The third-order valence-electron chi connectivity index (χ3n) is 5.05. The first-order chi connectivity index (χ1) is 13.7. The first-order valence-electron chi connectivity index (χ1n) is 9.37. The van der Waals surface area contributed by atoms with Crippen LogP contribution in [0.3, 0.4) is 0 Å². The van der Waals surface area contributed by atoms with E-state index in [0.717, 1.165) is 12.8 Å². The molecule has 0 spiro atoms. The van der Waals surface area contributed by atoms with Crippen LogP contribution >= 0.6 is 0 Å². The standard InChI is InChI=1S/C21H22N2O5/c24-20(6-4-17-2-1-11-26-17)23-9-7-15(8-10-23)13-22-21(25)16-3-5-18-19(12-16)28-14-27-18/h1-6,11-12,15H,7-10,13-14H2,(H,22,25)/b6-4+. The van der Waals surface area contributed by atoms with Gasteiger partial charge < -0.3 is 24.1 Å². The summed E-state index contributed by atoms with van der Waals surface area (Å²) < 4.78 is 15.8. The molecular formula is C21H22N2O5. The van der Waals surface area contributed by atoms with Gasteiger partial charge in [-0.1, -0.05) is 0 Å². The van der Waals surface area contributed by atoms with Gasteiger partial charge in [0.05, 0.1) is 6.26 Å². The summed E-state index contributed by atoms with van der Waals surface area (Å²) in [5.74, 6) is 2.14. The topological polar surface area (TPSA) is 81.0 Å². The van der Waals surface area contributed by atoms with E-state index in [2.05, 4.69) is 5.32 Å². The van der Waals surface area contributed by atoms with Crippen LogP contribution in [0.1, 0.15) is 29.0 Å². The van der Waals surface area contributed by atoms with Crippen LogP contribution in [0.4, 0.5) is 0 Å². The fraction of sp³-hybridized carbons (Fsp3) is 0.333. The molecule has 0 unspecified atom stereocenters. The lowest BCUT2D eigenvalue weighted by Gasteiger charge is -2.31. The molecule has 1 N–H and O–H groups in total. The van der Waals surface area contributed by atoms with E-state index >= 15 is 0 Å². The Morgan fingerprint density at radius 1 is 1.14 bits per heavy atom. The molecule has 1 aromatic heterocycles. The number of furan rings is 1. The van der Waals surface area contributed by atoms with Gasteiger partial charge in [-0.3, -0.25) is 9.59 Å². The third kappa shape index (κ3) is 4.19. The molecule has 28 heavy (non-hydrogen) atoms. The van der Waals surface area contributed by atoms with E-state index in [1.807, 2.05) is 4.90 Å². The monoisotopic (exact) mass is 382 g/mol. The number of likely N-dealkylation sites (tertiary alicyclic amines) is 1. The summed E-state index contributed by atoms with van der Waals surface area (Å²) in [6, 6.07) is 8.77. The first kappa shape index (κ1) is 18.2. The van der Waals surface area contributed by atoms with Crippen LogP contribution in [-0.4, -0.2) is 43.1 Å². The van der Waals surface area contributed by atoms with Crippen molar-refractivity contribution in [2.24, 2.45) is 5.92 Å². The highest BCUT2D eigenvalue weighted by atomic mass is 16.7. The fourth-order valence-corrected chi connectivity index (χ4v) is 3.38. The van der Waals surface area contributed by atoms with Crippen molar-refractivity contribution < 1.29 is 23.5 Å². The number of ether oxygens (including phenoxy) is 2. The minimum atomic E-state index is -0.127. The molecule has 0 saturated carbocycles. The summed E-state index contributed by atoms with van der Waals surface area (Å²) in [4.78, 5) is 26.4. The van der Waals surface area contributed by atoms with Crippen molar-refractivity contribution in [3.05, 3.63) is 54.0 Å². The molecule has 3 heterocycles. The smallest absolute Gasteiger partial charge is 0.251 e. The SMILES string of the molecule is O=C(NCC1CCN(C(=O)/C=C/c2ccco2)CC1)c1ccc2c(c1)OCO2. The Bertz CT molecular complexity index is 867. The van der Waals surface area contributed by atoms with Gasteiger partial charge in [0.1, 0.15) is 5.76 Å². The van der Waals surface area contributed by atoms with E-state index in [9.17, 15) is 9.59 Å². The molecule has 0 atom stereocenters. The number of nitrogens with zero attached hydrogens (tertiary/aromatic N) is 1. The number of carbonyl (C=O) groups excluding carboxylic acids is 2. The van der Waals surface area contributed by atoms with Gasteiger partial charge >= 0.3 is 0 Å². The average Bonchev–Trinajstić information content (AvgIpc) is 3.41. The van der Waals surface area contributed by atoms with Crippen LogP contribution in [0.25, 0.3) is 6.08 Å². The lowest BCUT2D eigenvalue weighted by atomic mass is 9.96. The number of piperidine rings is 1. The summed E-state index contributed by atoms with van der Waals surface area (Å²) in [6.45, 7) is 2.16. The minimum Gasteiger partial charge on any atom is -0.465 e. The van der Waals surface area contributed by atoms with E-state index in [-0.39, 0.29) is 18.6 Å². The van der Waals surface area contributed by atoms with E-state index in [4.69, 9.17) is 13.9 Å². The molecule has 0 radical (unpaired) electrons. The Balaban J connectivity index is 1.22. The van der Waals surface area contributed by atoms with Gasteiger partial charge in [0.25, 0.3) is 5.91 Å². The highest BCUT2D eigenvalue weighted by Crippen LogP contribution is 2.32. The first-order valence-corrected chi connectivity index (χ1v) is 9.37. The zero-order valence-electron chi connectivity index (χ0n) is 15.4. The molecule has 2 aliphatic rings. The van der Waals surface area contributed by atoms with Crippen molar-refractivity contribution in [2.75, 3.05) is 26.4 Å². The summed E-state index contributed by atoms with van der Waals surface area (Å²) in [7, 11) is 0. The van der Waals surface area contributed by atoms with Crippen LogP contribution in [0, 0.1) is 5.92 Å². The predicted octanol–water partition coefficient (Wildman–Crippen LogP) is 2.69. The van der Waals surface area contributed by atoms with Crippen LogP contribution in [0.5, 0.6) is 11.5 Å². The number of fused-ring (bicyclic) bond motifs is 1.